The van der Waals surface area contributed by atoms with Gasteiger partial charge in [0.05, 0.1) is 11.1 Å². The molecular weight excluding hydrogens is 473 g/mol. The fraction of sp³-hybridized carbons (Fsp3) is 0.500. The van der Waals surface area contributed by atoms with Crippen molar-refractivity contribution in [2.45, 2.75) is 55.7 Å². The maximum Gasteiger partial charge on any atom is 0.251 e. The molecular formula is C24H28ClF3N2O2S. The third kappa shape index (κ3) is 6.15. The van der Waals surface area contributed by atoms with Crippen molar-refractivity contribution in [3.63, 3.8) is 0 Å². The highest BCUT2D eigenvalue weighted by Crippen LogP contribution is 2.48. The molecule has 5 unspecified atom stereocenters. The van der Waals surface area contributed by atoms with Gasteiger partial charge in [-0.1, -0.05) is 25.4 Å². The van der Waals surface area contributed by atoms with Gasteiger partial charge in [0.15, 0.2) is 11.7 Å². The molecule has 0 saturated heterocycles. The van der Waals surface area contributed by atoms with Gasteiger partial charge in [0.25, 0.3) is 5.91 Å². The van der Waals surface area contributed by atoms with Crippen LogP contribution in [0.5, 0.6) is 0 Å². The third-order valence-corrected chi connectivity index (χ3v) is 8.66. The number of hydrogen-bond donors (Lipinski definition) is 2. The summed E-state index contributed by atoms with van der Waals surface area (Å²) in [6, 6.07) is 3.86. The molecule has 0 bridgehead atoms. The molecule has 33 heavy (non-hydrogen) atoms. The van der Waals surface area contributed by atoms with Crippen LogP contribution >= 0.6 is 23.4 Å². The van der Waals surface area contributed by atoms with E-state index in [1.165, 1.54) is 0 Å². The van der Waals surface area contributed by atoms with Crippen LogP contribution in [0.1, 0.15) is 49.9 Å². The standard InChI is InChI=1S/C24H28ClF3N2O2S/c1-12-8-14(5-7-21(31)29-3)23(13(12)2)33-20-9-15(4-6-17(20)25)24(32)30-16-10-18(26)22(28)19(27)11-16/h4,6,9-10,12-14,16,23H,5,7-8,11H2,1-3H3,(H,29,31)(H,30,32). The Balaban J connectivity index is 1.73. The van der Waals surface area contributed by atoms with Crippen LogP contribution in [0.2, 0.25) is 5.02 Å². The first-order valence-corrected chi connectivity index (χ1v) is 12.3. The smallest absolute Gasteiger partial charge is 0.251 e. The first-order chi connectivity index (χ1) is 15.6. The Morgan fingerprint density at radius 3 is 2.61 bits per heavy atom. The summed E-state index contributed by atoms with van der Waals surface area (Å²) in [6.07, 6.45) is 2.68. The molecule has 1 saturated carbocycles. The Morgan fingerprint density at radius 2 is 1.94 bits per heavy atom. The molecule has 0 aliphatic heterocycles. The number of carbonyl (C=O) groups is 2. The Bertz CT molecular complexity index is 984. The van der Waals surface area contributed by atoms with Gasteiger partial charge in [-0.3, -0.25) is 9.59 Å². The predicted octanol–water partition coefficient (Wildman–Crippen LogP) is 6.13. The van der Waals surface area contributed by atoms with Gasteiger partial charge in [0, 0.05) is 35.6 Å². The number of thioether (sulfide) groups is 1. The van der Waals surface area contributed by atoms with Gasteiger partial charge in [0.1, 0.15) is 5.83 Å². The normalized spacial score (nSPS) is 27.4. The van der Waals surface area contributed by atoms with Crippen LogP contribution in [-0.2, 0) is 4.79 Å². The number of rotatable bonds is 7. The van der Waals surface area contributed by atoms with Crippen molar-refractivity contribution in [3.8, 4) is 0 Å². The van der Waals surface area contributed by atoms with E-state index >= 15 is 0 Å². The minimum atomic E-state index is -1.52. The topological polar surface area (TPSA) is 58.2 Å². The summed E-state index contributed by atoms with van der Waals surface area (Å²) in [5.74, 6) is -3.33. The van der Waals surface area contributed by atoms with Crippen LogP contribution in [0.3, 0.4) is 0 Å². The molecule has 2 aliphatic carbocycles. The number of hydrogen-bond acceptors (Lipinski definition) is 3. The van der Waals surface area contributed by atoms with Crippen molar-refractivity contribution in [1.29, 1.82) is 0 Å². The lowest BCUT2D eigenvalue weighted by Gasteiger charge is -2.24. The second-order valence-corrected chi connectivity index (χ2v) is 10.4. The summed E-state index contributed by atoms with van der Waals surface area (Å²) in [4.78, 5) is 25.2. The molecule has 2 aliphatic rings. The molecule has 4 nitrogen and oxygen atoms in total. The fourth-order valence-electron chi connectivity index (χ4n) is 4.45. The average molecular weight is 501 g/mol. The Labute approximate surface area is 201 Å². The highest BCUT2D eigenvalue weighted by atomic mass is 35.5. The second kappa shape index (κ2) is 11.0. The zero-order valence-corrected chi connectivity index (χ0v) is 20.3. The number of nitrogens with one attached hydrogen (secondary N) is 2. The lowest BCUT2D eigenvalue weighted by atomic mass is 9.99. The molecule has 2 amide bonds. The molecule has 180 valence electrons. The SMILES string of the molecule is CNC(=O)CCC1CC(C)C(C)C1Sc1cc(C(=O)NC2C=C(F)C(F)=C(F)C2)ccc1Cl. The highest BCUT2D eigenvalue weighted by molar-refractivity contribution is 8.00. The lowest BCUT2D eigenvalue weighted by Crippen LogP contribution is -2.35. The van der Waals surface area contributed by atoms with Crippen molar-refractivity contribution in [1.82, 2.24) is 10.6 Å². The minimum Gasteiger partial charge on any atom is -0.359 e. The molecule has 1 fully saturated rings. The number of benzene rings is 1. The van der Waals surface area contributed by atoms with E-state index in [0.717, 1.165) is 23.8 Å². The molecule has 1 aromatic rings. The molecule has 5 atom stereocenters. The Morgan fingerprint density at radius 1 is 1.21 bits per heavy atom. The first-order valence-electron chi connectivity index (χ1n) is 11.0. The molecule has 2 N–H and O–H groups in total. The van der Waals surface area contributed by atoms with Crippen LogP contribution in [0.25, 0.3) is 0 Å². The molecule has 0 radical (unpaired) electrons. The van der Waals surface area contributed by atoms with E-state index < -0.39 is 35.9 Å². The predicted molar refractivity (Wildman–Crippen MR) is 125 cm³/mol. The van der Waals surface area contributed by atoms with Crippen LogP contribution < -0.4 is 10.6 Å². The van der Waals surface area contributed by atoms with Gasteiger partial charge >= 0.3 is 0 Å². The van der Waals surface area contributed by atoms with Crippen LogP contribution in [0, 0.1) is 17.8 Å². The Kier molecular flexibility index (Phi) is 8.56. The summed E-state index contributed by atoms with van der Waals surface area (Å²) < 4.78 is 40.3. The fourth-order valence-corrected chi connectivity index (χ4v) is 6.30. The van der Waals surface area contributed by atoms with Crippen LogP contribution in [0.15, 0.2) is 46.7 Å². The second-order valence-electron chi connectivity index (χ2n) is 8.79. The van der Waals surface area contributed by atoms with Crippen LogP contribution in [-0.4, -0.2) is 30.2 Å². The van der Waals surface area contributed by atoms with Crippen molar-refractivity contribution in [2.75, 3.05) is 7.05 Å². The summed E-state index contributed by atoms with van der Waals surface area (Å²) in [5, 5.41) is 5.93. The first kappa shape index (κ1) is 25.7. The van der Waals surface area contributed by atoms with E-state index in [1.54, 1.807) is 37.0 Å². The third-order valence-electron chi connectivity index (χ3n) is 6.54. The molecule has 1 aromatic carbocycles. The maximum atomic E-state index is 13.5. The van der Waals surface area contributed by atoms with Gasteiger partial charge in [-0.05, 0) is 54.9 Å². The van der Waals surface area contributed by atoms with Crippen molar-refractivity contribution < 1.29 is 22.8 Å². The van der Waals surface area contributed by atoms with Crippen LogP contribution in [0.4, 0.5) is 13.2 Å². The zero-order valence-electron chi connectivity index (χ0n) is 18.8. The van der Waals surface area contributed by atoms with Gasteiger partial charge in [-0.15, -0.1) is 11.8 Å². The van der Waals surface area contributed by atoms with E-state index in [2.05, 4.69) is 24.5 Å². The number of amides is 2. The molecule has 3 rings (SSSR count). The van der Waals surface area contributed by atoms with E-state index in [1.807, 2.05) is 0 Å². The quantitative estimate of drug-likeness (QED) is 0.474. The summed E-state index contributed by atoms with van der Waals surface area (Å²) in [7, 11) is 1.63. The number of carbonyl (C=O) groups excluding carboxylic acids is 2. The average Bonchev–Trinajstić information content (AvgIpc) is 3.04. The van der Waals surface area contributed by atoms with E-state index in [-0.39, 0.29) is 11.2 Å². The van der Waals surface area contributed by atoms with E-state index in [9.17, 15) is 22.8 Å². The van der Waals surface area contributed by atoms with E-state index in [0.29, 0.717) is 34.8 Å². The highest BCUT2D eigenvalue weighted by Gasteiger charge is 2.39. The van der Waals surface area contributed by atoms with Crippen molar-refractivity contribution >= 4 is 35.2 Å². The number of halogens is 4. The maximum absolute atomic E-state index is 13.5. The van der Waals surface area contributed by atoms with Gasteiger partial charge in [-0.2, -0.15) is 0 Å². The van der Waals surface area contributed by atoms with Gasteiger partial charge in [-0.25, -0.2) is 13.2 Å². The minimum absolute atomic E-state index is 0.0158. The van der Waals surface area contributed by atoms with Gasteiger partial charge < -0.3 is 10.6 Å². The monoisotopic (exact) mass is 500 g/mol. The summed E-state index contributed by atoms with van der Waals surface area (Å²) in [6.45, 7) is 4.40. The largest absolute Gasteiger partial charge is 0.359 e. The molecule has 0 spiro atoms. The van der Waals surface area contributed by atoms with E-state index in [4.69, 9.17) is 11.6 Å². The van der Waals surface area contributed by atoms with Crippen molar-refractivity contribution in [2.24, 2.45) is 17.8 Å². The Hall–Kier alpha value is -1.93. The number of allylic oxidation sites excluding steroid dienone is 2. The van der Waals surface area contributed by atoms with Gasteiger partial charge in [0.2, 0.25) is 5.91 Å². The molecule has 9 heteroatoms. The summed E-state index contributed by atoms with van der Waals surface area (Å²) >= 11 is 8.04. The summed E-state index contributed by atoms with van der Waals surface area (Å²) in [5.41, 5.74) is 0.298. The zero-order chi connectivity index (χ0) is 24.3. The van der Waals surface area contributed by atoms with Crippen molar-refractivity contribution in [3.05, 3.63) is 52.3 Å². The lowest BCUT2D eigenvalue weighted by molar-refractivity contribution is -0.120. The molecule has 0 aromatic heterocycles. The molecule has 0 heterocycles.